The van der Waals surface area contributed by atoms with E-state index in [0.717, 1.165) is 0 Å². The highest BCUT2D eigenvalue weighted by molar-refractivity contribution is 6.04. The Balaban J connectivity index is 1.94. The molecule has 0 bridgehead atoms. The second-order valence-electron chi connectivity index (χ2n) is 5.72. The van der Waals surface area contributed by atoms with Gasteiger partial charge in [-0.1, -0.05) is 18.2 Å². The molecule has 3 aromatic rings. The van der Waals surface area contributed by atoms with Gasteiger partial charge in [-0.05, 0) is 24.3 Å². The van der Waals surface area contributed by atoms with Crippen LogP contribution in [0.3, 0.4) is 0 Å². The predicted molar refractivity (Wildman–Crippen MR) is 104 cm³/mol. The summed E-state index contributed by atoms with van der Waals surface area (Å²) in [5.41, 5.74) is 0.617. The SMILES string of the molecule is COCCn1c(NC(=O)Nc2cccc(OC)c2)c2ccccc2nc1=O. The quantitative estimate of drug-likeness (QED) is 0.698. The molecule has 0 radical (unpaired) electrons. The number of nitrogens with zero attached hydrogens (tertiary/aromatic N) is 2. The molecule has 0 aliphatic rings. The maximum Gasteiger partial charge on any atom is 0.349 e. The zero-order valence-electron chi connectivity index (χ0n) is 15.1. The number of urea groups is 1. The Morgan fingerprint density at radius 1 is 1.11 bits per heavy atom. The third-order valence-electron chi connectivity index (χ3n) is 3.95. The Hall–Kier alpha value is -3.39. The zero-order valence-corrected chi connectivity index (χ0v) is 15.1. The zero-order chi connectivity index (χ0) is 19.2. The van der Waals surface area contributed by atoms with Crippen LogP contribution in [0.4, 0.5) is 16.3 Å². The number of para-hydroxylation sites is 1. The van der Waals surface area contributed by atoms with Crippen LogP contribution in [-0.4, -0.2) is 36.4 Å². The fourth-order valence-electron chi connectivity index (χ4n) is 2.67. The number of hydrogen-bond acceptors (Lipinski definition) is 5. The van der Waals surface area contributed by atoms with Gasteiger partial charge in [-0.2, -0.15) is 4.98 Å². The molecule has 0 aliphatic carbocycles. The molecule has 0 aliphatic heterocycles. The van der Waals surface area contributed by atoms with Crippen LogP contribution >= 0.6 is 0 Å². The Morgan fingerprint density at radius 3 is 2.70 bits per heavy atom. The number of nitrogens with one attached hydrogen (secondary N) is 2. The normalized spacial score (nSPS) is 10.6. The van der Waals surface area contributed by atoms with Crippen LogP contribution in [0.1, 0.15) is 0 Å². The molecule has 0 spiro atoms. The predicted octanol–water partition coefficient (Wildman–Crippen LogP) is 2.70. The Bertz CT molecular complexity index is 1020. The molecular formula is C19H20N4O4. The largest absolute Gasteiger partial charge is 0.497 e. The maximum absolute atomic E-state index is 12.5. The lowest BCUT2D eigenvalue weighted by atomic mass is 10.2. The van der Waals surface area contributed by atoms with Crippen molar-refractivity contribution in [1.29, 1.82) is 0 Å². The summed E-state index contributed by atoms with van der Waals surface area (Å²) in [5.74, 6) is 0.988. The van der Waals surface area contributed by atoms with Crippen molar-refractivity contribution >= 4 is 28.4 Å². The van der Waals surface area contributed by atoms with E-state index in [-0.39, 0.29) is 6.54 Å². The molecule has 1 aromatic heterocycles. The lowest BCUT2D eigenvalue weighted by Gasteiger charge is -2.16. The van der Waals surface area contributed by atoms with Crippen LogP contribution in [0.2, 0.25) is 0 Å². The number of rotatable bonds is 6. The maximum atomic E-state index is 12.5. The van der Waals surface area contributed by atoms with Crippen molar-refractivity contribution in [3.8, 4) is 5.75 Å². The summed E-state index contributed by atoms with van der Waals surface area (Å²) in [7, 11) is 3.10. The van der Waals surface area contributed by atoms with Crippen LogP contribution in [0.5, 0.6) is 5.75 Å². The van der Waals surface area contributed by atoms with Gasteiger partial charge in [0.05, 0.1) is 25.8 Å². The molecule has 0 saturated carbocycles. The second kappa shape index (κ2) is 8.33. The van der Waals surface area contributed by atoms with E-state index in [9.17, 15) is 9.59 Å². The molecule has 140 valence electrons. The molecule has 1 heterocycles. The molecule has 2 amide bonds. The van der Waals surface area contributed by atoms with Gasteiger partial charge in [-0.3, -0.25) is 9.88 Å². The van der Waals surface area contributed by atoms with Gasteiger partial charge in [-0.25, -0.2) is 9.59 Å². The van der Waals surface area contributed by atoms with E-state index in [1.165, 1.54) is 4.57 Å². The molecular weight excluding hydrogens is 348 g/mol. The van der Waals surface area contributed by atoms with E-state index in [2.05, 4.69) is 15.6 Å². The summed E-state index contributed by atoms with van der Waals surface area (Å²) in [6, 6.07) is 13.6. The van der Waals surface area contributed by atoms with E-state index in [0.29, 0.717) is 34.8 Å². The van der Waals surface area contributed by atoms with Crippen molar-refractivity contribution in [3.63, 3.8) is 0 Å². The second-order valence-corrected chi connectivity index (χ2v) is 5.72. The molecule has 0 saturated heterocycles. The average molecular weight is 368 g/mol. The first-order chi connectivity index (χ1) is 13.1. The number of ether oxygens (including phenoxy) is 2. The highest BCUT2D eigenvalue weighted by Crippen LogP contribution is 2.21. The molecule has 2 aromatic carbocycles. The number of carbonyl (C=O) groups is 1. The van der Waals surface area contributed by atoms with Crippen molar-refractivity contribution in [1.82, 2.24) is 9.55 Å². The van der Waals surface area contributed by atoms with Crippen molar-refractivity contribution in [2.24, 2.45) is 0 Å². The lowest BCUT2D eigenvalue weighted by molar-refractivity contribution is 0.186. The van der Waals surface area contributed by atoms with Crippen LogP contribution in [0.15, 0.2) is 53.3 Å². The van der Waals surface area contributed by atoms with E-state index >= 15 is 0 Å². The van der Waals surface area contributed by atoms with Crippen LogP contribution in [0.25, 0.3) is 10.9 Å². The summed E-state index contributed by atoms with van der Waals surface area (Å²) in [6.45, 7) is 0.577. The van der Waals surface area contributed by atoms with Gasteiger partial charge in [0.1, 0.15) is 11.6 Å². The van der Waals surface area contributed by atoms with E-state index in [4.69, 9.17) is 9.47 Å². The number of carbonyl (C=O) groups excluding carboxylic acids is 1. The fourth-order valence-corrected chi connectivity index (χ4v) is 2.67. The summed E-state index contributed by atoms with van der Waals surface area (Å²) >= 11 is 0. The highest BCUT2D eigenvalue weighted by atomic mass is 16.5. The summed E-state index contributed by atoms with van der Waals surface area (Å²) in [4.78, 5) is 29.0. The number of amides is 2. The first kappa shape index (κ1) is 18.4. The summed E-state index contributed by atoms with van der Waals surface area (Å²) in [6.07, 6.45) is 0. The fraction of sp³-hybridized carbons (Fsp3) is 0.211. The smallest absolute Gasteiger partial charge is 0.349 e. The van der Waals surface area contributed by atoms with Gasteiger partial charge in [0.2, 0.25) is 0 Å². The van der Waals surface area contributed by atoms with Crippen molar-refractivity contribution in [2.45, 2.75) is 6.54 Å². The Labute approximate surface area is 155 Å². The molecule has 8 nitrogen and oxygen atoms in total. The third kappa shape index (κ3) is 4.24. The van der Waals surface area contributed by atoms with Gasteiger partial charge in [0.25, 0.3) is 0 Å². The first-order valence-electron chi connectivity index (χ1n) is 8.33. The lowest BCUT2D eigenvalue weighted by Crippen LogP contribution is -2.30. The van der Waals surface area contributed by atoms with Crippen LogP contribution in [-0.2, 0) is 11.3 Å². The van der Waals surface area contributed by atoms with Gasteiger partial charge in [-0.15, -0.1) is 0 Å². The standard InChI is InChI=1S/C19H20N4O4/c1-26-11-10-23-17(15-8-3-4-9-16(15)21-19(23)25)22-18(24)20-13-6-5-7-14(12-13)27-2/h3-9,12H,10-11H2,1-2H3,(H2,20,22,24). The minimum absolute atomic E-state index is 0.266. The van der Waals surface area contributed by atoms with Crippen LogP contribution < -0.4 is 21.1 Å². The topological polar surface area (TPSA) is 94.5 Å². The van der Waals surface area contributed by atoms with Gasteiger partial charge < -0.3 is 14.8 Å². The Kier molecular flexibility index (Phi) is 5.68. The minimum atomic E-state index is -0.481. The molecule has 3 rings (SSSR count). The van der Waals surface area contributed by atoms with Crippen LogP contribution in [0, 0.1) is 0 Å². The van der Waals surface area contributed by atoms with Crippen molar-refractivity contribution in [2.75, 3.05) is 31.5 Å². The van der Waals surface area contributed by atoms with E-state index in [1.54, 1.807) is 56.7 Å². The molecule has 0 atom stereocenters. The van der Waals surface area contributed by atoms with E-state index in [1.807, 2.05) is 6.07 Å². The van der Waals surface area contributed by atoms with Gasteiger partial charge >= 0.3 is 11.7 Å². The molecule has 0 unspecified atom stereocenters. The minimum Gasteiger partial charge on any atom is -0.497 e. The number of aromatic nitrogens is 2. The highest BCUT2D eigenvalue weighted by Gasteiger charge is 2.14. The number of anilines is 2. The number of fused-ring (bicyclic) bond motifs is 1. The monoisotopic (exact) mass is 368 g/mol. The third-order valence-corrected chi connectivity index (χ3v) is 3.95. The molecule has 8 heteroatoms. The van der Waals surface area contributed by atoms with Gasteiger partial charge in [0, 0.05) is 24.2 Å². The molecule has 27 heavy (non-hydrogen) atoms. The van der Waals surface area contributed by atoms with Gasteiger partial charge in [0.15, 0.2) is 0 Å². The average Bonchev–Trinajstić information content (AvgIpc) is 2.67. The van der Waals surface area contributed by atoms with Crippen molar-refractivity contribution < 1.29 is 14.3 Å². The molecule has 2 N–H and O–H groups in total. The first-order valence-corrected chi connectivity index (χ1v) is 8.33. The summed E-state index contributed by atoms with van der Waals surface area (Å²) < 4.78 is 11.6. The Morgan fingerprint density at radius 2 is 1.93 bits per heavy atom. The number of methoxy groups -OCH3 is 2. The van der Waals surface area contributed by atoms with E-state index < -0.39 is 11.7 Å². The number of benzene rings is 2. The summed E-state index contributed by atoms with van der Waals surface area (Å²) in [5, 5.41) is 6.16. The number of hydrogen-bond donors (Lipinski definition) is 2. The molecule has 0 fully saturated rings. The van der Waals surface area contributed by atoms with Crippen molar-refractivity contribution in [3.05, 3.63) is 59.0 Å².